The van der Waals surface area contributed by atoms with Crippen molar-refractivity contribution in [3.8, 4) is 0 Å². The van der Waals surface area contributed by atoms with Gasteiger partial charge in [0, 0.05) is 26.3 Å². The lowest BCUT2D eigenvalue weighted by atomic mass is 9.72. The van der Waals surface area contributed by atoms with Crippen LogP contribution in [0.15, 0.2) is 24.3 Å². The van der Waals surface area contributed by atoms with Crippen molar-refractivity contribution in [1.82, 2.24) is 10.2 Å². The molecule has 1 amide bonds. The number of piperidine rings is 1. The molecule has 0 atom stereocenters. The van der Waals surface area contributed by atoms with Crippen LogP contribution in [0.4, 0.5) is 4.39 Å². The van der Waals surface area contributed by atoms with Gasteiger partial charge in [-0.15, -0.1) is 0 Å². The summed E-state index contributed by atoms with van der Waals surface area (Å²) in [5, 5.41) is 3.40. The van der Waals surface area contributed by atoms with Crippen LogP contribution >= 0.6 is 0 Å². The van der Waals surface area contributed by atoms with E-state index in [1.807, 2.05) is 11.0 Å². The van der Waals surface area contributed by atoms with E-state index >= 15 is 0 Å². The number of carbonyl (C=O) groups excluding carboxylic acids is 1. The summed E-state index contributed by atoms with van der Waals surface area (Å²) in [7, 11) is 0. The molecular formula is C20H29FN2O2. The minimum atomic E-state index is -0.630. The number of halogens is 1. The summed E-state index contributed by atoms with van der Waals surface area (Å²) in [6.45, 7) is 6.84. The van der Waals surface area contributed by atoms with Crippen LogP contribution in [0, 0.1) is 11.7 Å². The van der Waals surface area contributed by atoms with Crippen LogP contribution in [-0.4, -0.2) is 50.2 Å². The molecule has 0 aromatic heterocycles. The number of ether oxygens (including phenoxy) is 1. The van der Waals surface area contributed by atoms with Crippen molar-refractivity contribution in [3.05, 3.63) is 35.6 Å². The van der Waals surface area contributed by atoms with Gasteiger partial charge in [-0.25, -0.2) is 4.39 Å². The van der Waals surface area contributed by atoms with Crippen LogP contribution in [0.25, 0.3) is 0 Å². The van der Waals surface area contributed by atoms with E-state index in [0.717, 1.165) is 44.6 Å². The molecule has 5 heteroatoms. The average molecular weight is 348 g/mol. The molecule has 1 aromatic carbocycles. The molecule has 2 aliphatic rings. The number of hydrogen-bond donors (Lipinski definition) is 1. The molecule has 0 unspecified atom stereocenters. The molecule has 0 aliphatic carbocycles. The SMILES string of the molecule is CCNCC1CCN(C(=O)C2(c3cccc(F)c3)CCOCC2)CC1. The van der Waals surface area contributed by atoms with E-state index in [1.165, 1.54) is 12.1 Å². The van der Waals surface area contributed by atoms with Crippen LogP contribution in [0.1, 0.15) is 38.2 Å². The summed E-state index contributed by atoms with van der Waals surface area (Å²) >= 11 is 0. The molecule has 0 bridgehead atoms. The molecule has 1 N–H and O–H groups in total. The fraction of sp³-hybridized carbons (Fsp3) is 0.650. The molecule has 2 heterocycles. The number of nitrogens with one attached hydrogen (secondary N) is 1. The second kappa shape index (κ2) is 8.28. The minimum absolute atomic E-state index is 0.156. The molecule has 0 spiro atoms. The van der Waals surface area contributed by atoms with Gasteiger partial charge in [0.05, 0.1) is 5.41 Å². The predicted octanol–water partition coefficient (Wildman–Crippen LogP) is 2.72. The van der Waals surface area contributed by atoms with Gasteiger partial charge < -0.3 is 15.0 Å². The fourth-order valence-electron chi connectivity index (χ4n) is 4.12. The van der Waals surface area contributed by atoms with E-state index in [2.05, 4.69) is 12.2 Å². The monoisotopic (exact) mass is 348 g/mol. The first-order valence-electron chi connectivity index (χ1n) is 9.49. The summed E-state index contributed by atoms with van der Waals surface area (Å²) < 4.78 is 19.3. The summed E-state index contributed by atoms with van der Waals surface area (Å²) in [6.07, 6.45) is 3.34. The highest BCUT2D eigenvalue weighted by Crippen LogP contribution is 2.38. The highest BCUT2D eigenvalue weighted by molar-refractivity contribution is 5.88. The van der Waals surface area contributed by atoms with Gasteiger partial charge in [-0.1, -0.05) is 19.1 Å². The number of benzene rings is 1. The molecule has 3 rings (SSSR count). The zero-order valence-corrected chi connectivity index (χ0v) is 15.1. The van der Waals surface area contributed by atoms with Crippen molar-refractivity contribution < 1.29 is 13.9 Å². The van der Waals surface area contributed by atoms with Crippen LogP contribution in [0.2, 0.25) is 0 Å². The van der Waals surface area contributed by atoms with Gasteiger partial charge in [-0.3, -0.25) is 4.79 Å². The molecule has 0 saturated carbocycles. The summed E-state index contributed by atoms with van der Waals surface area (Å²) in [5.74, 6) is 0.521. The Morgan fingerprint density at radius 1 is 1.32 bits per heavy atom. The second-order valence-electron chi connectivity index (χ2n) is 7.25. The van der Waals surface area contributed by atoms with Crippen molar-refractivity contribution in [2.24, 2.45) is 5.92 Å². The van der Waals surface area contributed by atoms with E-state index < -0.39 is 5.41 Å². The number of carbonyl (C=O) groups is 1. The smallest absolute Gasteiger partial charge is 0.233 e. The maximum atomic E-state index is 13.8. The number of hydrogen-bond acceptors (Lipinski definition) is 3. The highest BCUT2D eigenvalue weighted by Gasteiger charge is 2.44. The van der Waals surface area contributed by atoms with E-state index in [9.17, 15) is 9.18 Å². The zero-order valence-electron chi connectivity index (χ0n) is 15.1. The molecule has 25 heavy (non-hydrogen) atoms. The normalized spacial score (nSPS) is 21.3. The molecule has 0 radical (unpaired) electrons. The van der Waals surface area contributed by atoms with Gasteiger partial charge in [0.15, 0.2) is 0 Å². The molecule has 4 nitrogen and oxygen atoms in total. The summed E-state index contributed by atoms with van der Waals surface area (Å²) in [5.41, 5.74) is 0.171. The lowest BCUT2D eigenvalue weighted by Gasteiger charge is -2.42. The maximum absolute atomic E-state index is 13.8. The van der Waals surface area contributed by atoms with Gasteiger partial charge in [-0.05, 0) is 62.4 Å². The van der Waals surface area contributed by atoms with Crippen LogP contribution in [0.3, 0.4) is 0 Å². The Morgan fingerprint density at radius 2 is 2.04 bits per heavy atom. The molecule has 1 aromatic rings. The fourth-order valence-corrected chi connectivity index (χ4v) is 4.12. The number of likely N-dealkylation sites (tertiary alicyclic amines) is 1. The van der Waals surface area contributed by atoms with Crippen LogP contribution in [0.5, 0.6) is 0 Å². The third-order valence-electron chi connectivity index (χ3n) is 5.72. The second-order valence-corrected chi connectivity index (χ2v) is 7.25. The average Bonchev–Trinajstić information content (AvgIpc) is 2.67. The van der Waals surface area contributed by atoms with E-state index in [1.54, 1.807) is 6.07 Å². The topological polar surface area (TPSA) is 41.6 Å². The first-order valence-corrected chi connectivity index (χ1v) is 9.49. The lowest BCUT2D eigenvalue weighted by Crippen LogP contribution is -2.52. The highest BCUT2D eigenvalue weighted by atomic mass is 19.1. The molecule has 2 aliphatic heterocycles. The van der Waals surface area contributed by atoms with Gasteiger partial charge in [0.2, 0.25) is 5.91 Å². The summed E-state index contributed by atoms with van der Waals surface area (Å²) in [4.78, 5) is 15.4. The first kappa shape index (κ1) is 18.3. The van der Waals surface area contributed by atoms with Crippen molar-refractivity contribution in [2.45, 2.75) is 38.0 Å². The van der Waals surface area contributed by atoms with E-state index in [0.29, 0.717) is 32.0 Å². The minimum Gasteiger partial charge on any atom is -0.381 e. The number of amides is 1. The molecule has 2 fully saturated rings. The zero-order chi connectivity index (χ0) is 17.7. The standard InChI is InChI=1S/C20H29FN2O2/c1-2-22-15-16-6-10-23(11-7-16)19(24)20(8-12-25-13-9-20)17-4-3-5-18(21)14-17/h3-5,14,16,22H,2,6-13,15H2,1H3. The van der Waals surface area contributed by atoms with Crippen molar-refractivity contribution in [1.29, 1.82) is 0 Å². The van der Waals surface area contributed by atoms with Crippen molar-refractivity contribution in [3.63, 3.8) is 0 Å². The Labute approximate surface area is 149 Å². The Balaban J connectivity index is 1.75. The van der Waals surface area contributed by atoms with Crippen LogP contribution in [-0.2, 0) is 14.9 Å². The van der Waals surface area contributed by atoms with Gasteiger partial charge in [0.25, 0.3) is 0 Å². The third kappa shape index (κ3) is 4.04. The quantitative estimate of drug-likeness (QED) is 0.890. The van der Waals surface area contributed by atoms with E-state index in [4.69, 9.17) is 4.74 Å². The number of rotatable bonds is 5. The molecule has 2 saturated heterocycles. The lowest BCUT2D eigenvalue weighted by molar-refractivity contribution is -0.142. The van der Waals surface area contributed by atoms with Gasteiger partial charge >= 0.3 is 0 Å². The number of nitrogens with zero attached hydrogens (tertiary/aromatic N) is 1. The van der Waals surface area contributed by atoms with Gasteiger partial charge in [0.1, 0.15) is 5.82 Å². The third-order valence-corrected chi connectivity index (χ3v) is 5.72. The summed E-state index contributed by atoms with van der Waals surface area (Å²) in [6, 6.07) is 6.57. The van der Waals surface area contributed by atoms with Crippen LogP contribution < -0.4 is 5.32 Å². The van der Waals surface area contributed by atoms with E-state index in [-0.39, 0.29) is 11.7 Å². The Morgan fingerprint density at radius 3 is 2.68 bits per heavy atom. The molecular weight excluding hydrogens is 319 g/mol. The Hall–Kier alpha value is -1.46. The Bertz CT molecular complexity index is 579. The van der Waals surface area contributed by atoms with Crippen molar-refractivity contribution >= 4 is 5.91 Å². The Kier molecular flexibility index (Phi) is 6.07. The predicted molar refractivity (Wildman–Crippen MR) is 96.0 cm³/mol. The largest absolute Gasteiger partial charge is 0.381 e. The van der Waals surface area contributed by atoms with Crippen molar-refractivity contribution in [2.75, 3.05) is 39.4 Å². The first-order chi connectivity index (χ1) is 12.2. The van der Waals surface area contributed by atoms with Gasteiger partial charge in [-0.2, -0.15) is 0 Å². The molecule has 138 valence electrons. The maximum Gasteiger partial charge on any atom is 0.233 e.